The number of hydrogen-bond acceptors (Lipinski definition) is 5. The second kappa shape index (κ2) is 8.81. The highest BCUT2D eigenvalue weighted by Crippen LogP contribution is 2.22. The first-order valence-corrected chi connectivity index (χ1v) is 8.95. The molecule has 1 heterocycles. The number of carbonyl (C=O) groups excluding carboxylic acids is 1. The van der Waals surface area contributed by atoms with E-state index >= 15 is 0 Å². The van der Waals surface area contributed by atoms with Crippen LogP contribution in [0.4, 0.5) is 17.2 Å². The van der Waals surface area contributed by atoms with Gasteiger partial charge in [-0.1, -0.05) is 36.4 Å². The number of benzene rings is 2. The van der Waals surface area contributed by atoms with Crippen LogP contribution in [0.2, 0.25) is 0 Å². The van der Waals surface area contributed by atoms with Crippen LogP contribution in [-0.4, -0.2) is 36.5 Å². The molecule has 2 N–H and O–H groups in total. The average molecular weight is 373 g/mol. The van der Waals surface area contributed by atoms with Crippen molar-refractivity contribution in [3.63, 3.8) is 0 Å². The molecule has 0 radical (unpaired) electrons. The molecule has 0 atom stereocenters. The summed E-state index contributed by atoms with van der Waals surface area (Å²) in [5.74, 6) is 0.764. The Morgan fingerprint density at radius 3 is 2.43 bits per heavy atom. The molecule has 0 saturated heterocycles. The van der Waals surface area contributed by atoms with Crippen LogP contribution in [0.5, 0.6) is 0 Å². The van der Waals surface area contributed by atoms with Gasteiger partial charge in [-0.05, 0) is 24.3 Å². The van der Waals surface area contributed by atoms with Gasteiger partial charge in [0.1, 0.15) is 11.5 Å². The molecular formula is C22H23N5O. The van der Waals surface area contributed by atoms with Gasteiger partial charge in [0.2, 0.25) is 0 Å². The fourth-order valence-electron chi connectivity index (χ4n) is 2.59. The van der Waals surface area contributed by atoms with Gasteiger partial charge >= 0.3 is 0 Å². The predicted molar refractivity (Wildman–Crippen MR) is 114 cm³/mol. The van der Waals surface area contributed by atoms with E-state index in [1.54, 1.807) is 12.1 Å². The van der Waals surface area contributed by atoms with Crippen molar-refractivity contribution in [2.45, 2.75) is 0 Å². The molecule has 0 unspecified atom stereocenters. The molecule has 3 rings (SSSR count). The molecule has 3 aromatic rings. The fourth-order valence-corrected chi connectivity index (χ4v) is 2.59. The lowest BCUT2D eigenvalue weighted by Gasteiger charge is -2.14. The standard InChI is InChI=1S/C22H23N5O/c1-4-14-23-22(28)19-15-20(24-17-10-12-18(13-11-17)27(2)3)26-21(25-19)16-8-6-5-7-9-16/h4-13,15H,1,14H2,2-3H3,(H,23,28)(H,24,25,26). The molecular weight excluding hydrogens is 350 g/mol. The Kier molecular flexibility index (Phi) is 6.01. The Morgan fingerprint density at radius 2 is 1.79 bits per heavy atom. The highest BCUT2D eigenvalue weighted by molar-refractivity contribution is 5.93. The van der Waals surface area contributed by atoms with Gasteiger partial charge in [0, 0.05) is 43.6 Å². The van der Waals surface area contributed by atoms with Gasteiger partial charge in [0.15, 0.2) is 5.82 Å². The molecule has 6 heteroatoms. The van der Waals surface area contributed by atoms with Gasteiger partial charge < -0.3 is 15.5 Å². The predicted octanol–water partition coefficient (Wildman–Crippen LogP) is 3.87. The zero-order chi connectivity index (χ0) is 19.9. The minimum absolute atomic E-state index is 0.273. The van der Waals surface area contributed by atoms with Crippen molar-refractivity contribution >= 4 is 23.1 Å². The molecule has 1 amide bonds. The molecule has 1 aromatic heterocycles. The van der Waals surface area contributed by atoms with Crippen LogP contribution < -0.4 is 15.5 Å². The number of hydrogen-bond donors (Lipinski definition) is 2. The smallest absolute Gasteiger partial charge is 0.270 e. The third-order valence-corrected chi connectivity index (χ3v) is 4.05. The lowest BCUT2D eigenvalue weighted by atomic mass is 10.2. The lowest BCUT2D eigenvalue weighted by Crippen LogP contribution is -2.24. The van der Waals surface area contributed by atoms with E-state index < -0.39 is 0 Å². The van der Waals surface area contributed by atoms with E-state index in [2.05, 4.69) is 27.2 Å². The Balaban J connectivity index is 1.94. The zero-order valence-corrected chi connectivity index (χ0v) is 16.0. The first-order chi connectivity index (χ1) is 13.6. The van der Waals surface area contributed by atoms with Crippen LogP contribution in [0.15, 0.2) is 73.3 Å². The summed E-state index contributed by atoms with van der Waals surface area (Å²) in [5.41, 5.74) is 3.11. The number of rotatable bonds is 7. The Labute approximate surface area is 165 Å². The first kappa shape index (κ1) is 19.1. The quantitative estimate of drug-likeness (QED) is 0.615. The number of carbonyl (C=O) groups is 1. The summed E-state index contributed by atoms with van der Waals surface area (Å²) >= 11 is 0. The van der Waals surface area contributed by atoms with Gasteiger partial charge in [-0.2, -0.15) is 0 Å². The first-order valence-electron chi connectivity index (χ1n) is 8.95. The highest BCUT2D eigenvalue weighted by Gasteiger charge is 2.13. The van der Waals surface area contributed by atoms with Crippen molar-refractivity contribution in [2.24, 2.45) is 0 Å². The molecule has 0 aliphatic heterocycles. The minimum Gasteiger partial charge on any atom is -0.378 e. The Hall–Kier alpha value is -3.67. The second-order valence-corrected chi connectivity index (χ2v) is 6.39. The molecule has 0 spiro atoms. The third kappa shape index (κ3) is 4.73. The molecule has 0 bridgehead atoms. The molecule has 0 saturated carbocycles. The summed E-state index contributed by atoms with van der Waals surface area (Å²) in [6.45, 7) is 3.99. The zero-order valence-electron chi connectivity index (χ0n) is 16.0. The fraction of sp³-hybridized carbons (Fsp3) is 0.136. The molecule has 28 heavy (non-hydrogen) atoms. The number of amides is 1. The van der Waals surface area contributed by atoms with Crippen molar-refractivity contribution in [3.05, 3.63) is 79.0 Å². The van der Waals surface area contributed by atoms with Crippen molar-refractivity contribution in [3.8, 4) is 11.4 Å². The van der Waals surface area contributed by atoms with Crippen molar-refractivity contribution in [2.75, 3.05) is 30.9 Å². The van der Waals surface area contributed by atoms with Gasteiger partial charge in [0.05, 0.1) is 0 Å². The van der Waals surface area contributed by atoms with Crippen molar-refractivity contribution in [1.29, 1.82) is 0 Å². The Bertz CT molecular complexity index is 952. The van der Waals surface area contributed by atoms with Gasteiger partial charge in [-0.25, -0.2) is 9.97 Å². The number of nitrogens with zero attached hydrogens (tertiary/aromatic N) is 3. The SMILES string of the molecule is C=CCNC(=O)c1cc(Nc2ccc(N(C)C)cc2)nc(-c2ccccc2)n1. The van der Waals surface area contributed by atoms with E-state index in [4.69, 9.17) is 0 Å². The molecule has 0 fully saturated rings. The van der Waals surface area contributed by atoms with Gasteiger partial charge in [-0.3, -0.25) is 4.79 Å². The number of aromatic nitrogens is 2. The van der Waals surface area contributed by atoms with Crippen LogP contribution in [0.25, 0.3) is 11.4 Å². The summed E-state index contributed by atoms with van der Waals surface area (Å²) in [7, 11) is 3.99. The average Bonchev–Trinajstić information content (AvgIpc) is 2.72. The van der Waals surface area contributed by atoms with Crippen LogP contribution in [0.1, 0.15) is 10.5 Å². The maximum absolute atomic E-state index is 12.4. The van der Waals surface area contributed by atoms with E-state index in [1.165, 1.54) is 0 Å². The van der Waals surface area contributed by atoms with E-state index in [0.717, 1.165) is 16.9 Å². The molecule has 0 aliphatic rings. The van der Waals surface area contributed by atoms with E-state index in [1.807, 2.05) is 73.6 Å². The van der Waals surface area contributed by atoms with E-state index in [-0.39, 0.29) is 5.91 Å². The molecule has 2 aromatic carbocycles. The van der Waals surface area contributed by atoms with E-state index in [0.29, 0.717) is 23.9 Å². The summed E-state index contributed by atoms with van der Waals surface area (Å²) in [6, 6.07) is 19.2. The summed E-state index contributed by atoms with van der Waals surface area (Å²) in [4.78, 5) is 23.5. The third-order valence-electron chi connectivity index (χ3n) is 4.05. The highest BCUT2D eigenvalue weighted by atomic mass is 16.1. The van der Waals surface area contributed by atoms with Crippen LogP contribution in [0.3, 0.4) is 0 Å². The molecule has 6 nitrogen and oxygen atoms in total. The van der Waals surface area contributed by atoms with Crippen LogP contribution in [0, 0.1) is 0 Å². The summed E-state index contributed by atoms with van der Waals surface area (Å²) in [5, 5.41) is 6.02. The molecule has 142 valence electrons. The second-order valence-electron chi connectivity index (χ2n) is 6.39. The van der Waals surface area contributed by atoms with Crippen molar-refractivity contribution < 1.29 is 4.79 Å². The van der Waals surface area contributed by atoms with Gasteiger partial charge in [-0.15, -0.1) is 6.58 Å². The normalized spacial score (nSPS) is 10.2. The summed E-state index contributed by atoms with van der Waals surface area (Å²) < 4.78 is 0. The Morgan fingerprint density at radius 1 is 1.07 bits per heavy atom. The largest absolute Gasteiger partial charge is 0.378 e. The van der Waals surface area contributed by atoms with E-state index in [9.17, 15) is 4.79 Å². The maximum atomic E-state index is 12.4. The van der Waals surface area contributed by atoms with Crippen LogP contribution >= 0.6 is 0 Å². The topological polar surface area (TPSA) is 70.2 Å². The van der Waals surface area contributed by atoms with Gasteiger partial charge in [0.25, 0.3) is 5.91 Å². The monoisotopic (exact) mass is 373 g/mol. The number of nitrogens with one attached hydrogen (secondary N) is 2. The minimum atomic E-state index is -0.273. The molecule has 0 aliphatic carbocycles. The summed E-state index contributed by atoms with van der Waals surface area (Å²) in [6.07, 6.45) is 1.63. The maximum Gasteiger partial charge on any atom is 0.270 e. The lowest BCUT2D eigenvalue weighted by molar-refractivity contribution is 0.0953. The van der Waals surface area contributed by atoms with Crippen LogP contribution in [-0.2, 0) is 0 Å². The van der Waals surface area contributed by atoms with Crippen molar-refractivity contribution in [1.82, 2.24) is 15.3 Å². The number of anilines is 3.